The van der Waals surface area contributed by atoms with Gasteiger partial charge in [0, 0.05) is 12.1 Å². The molecule has 1 atom stereocenters. The van der Waals surface area contributed by atoms with Crippen molar-refractivity contribution >= 4 is 17.3 Å². The van der Waals surface area contributed by atoms with Gasteiger partial charge < -0.3 is 20.5 Å². The van der Waals surface area contributed by atoms with Gasteiger partial charge in [0.2, 0.25) is 0 Å². The molecule has 2 aromatic carbocycles. The number of hydrogen-bond acceptors (Lipinski definition) is 4. The summed E-state index contributed by atoms with van der Waals surface area (Å²) in [6.45, 7) is -0.00203. The quantitative estimate of drug-likeness (QED) is 0.606. The number of carbonyl (C=O) groups is 1. The summed E-state index contributed by atoms with van der Waals surface area (Å²) < 4.78 is 59.8. The first-order valence-corrected chi connectivity index (χ1v) is 9.67. The van der Waals surface area contributed by atoms with E-state index in [0.29, 0.717) is 18.5 Å². The number of rotatable bonds is 3. The molecule has 0 radical (unpaired) electrons. The van der Waals surface area contributed by atoms with Gasteiger partial charge in [-0.15, -0.1) is 0 Å². The molecule has 1 aliphatic heterocycles. The molecule has 4 rings (SSSR count). The lowest BCUT2D eigenvalue weighted by Gasteiger charge is -2.27. The van der Waals surface area contributed by atoms with E-state index in [1.54, 1.807) is 0 Å². The van der Waals surface area contributed by atoms with Gasteiger partial charge >= 0.3 is 6.18 Å². The second kappa shape index (κ2) is 7.70. The molecule has 9 heteroatoms. The summed E-state index contributed by atoms with van der Waals surface area (Å²) in [4.78, 5) is 12.6. The molecule has 1 saturated carbocycles. The van der Waals surface area contributed by atoms with Gasteiger partial charge in [0.05, 0.1) is 23.5 Å². The zero-order chi connectivity index (χ0) is 21.5. The molecular formula is C21H20F4N2O3. The van der Waals surface area contributed by atoms with Gasteiger partial charge in [-0.05, 0) is 42.5 Å². The van der Waals surface area contributed by atoms with E-state index in [-0.39, 0.29) is 29.5 Å². The third kappa shape index (κ3) is 4.01. The van der Waals surface area contributed by atoms with Crippen molar-refractivity contribution in [3.05, 3.63) is 47.3 Å². The second-order valence-electron chi connectivity index (χ2n) is 7.55. The lowest BCUT2D eigenvalue weighted by atomic mass is 9.94. The number of nitrogens with one attached hydrogen (secondary N) is 2. The van der Waals surface area contributed by atoms with E-state index in [0.717, 1.165) is 31.0 Å². The molecule has 2 aromatic rings. The summed E-state index contributed by atoms with van der Waals surface area (Å²) in [5.41, 5.74) is -0.834. The fraction of sp³-hybridized carbons (Fsp3) is 0.381. The number of phenols is 1. The van der Waals surface area contributed by atoms with Crippen LogP contribution in [0, 0.1) is 5.82 Å². The van der Waals surface area contributed by atoms with Crippen molar-refractivity contribution in [3.63, 3.8) is 0 Å². The number of alkyl halides is 3. The van der Waals surface area contributed by atoms with Crippen molar-refractivity contribution in [2.24, 2.45) is 0 Å². The zero-order valence-electron chi connectivity index (χ0n) is 15.9. The number of benzene rings is 2. The molecule has 0 aromatic heterocycles. The molecule has 1 aliphatic carbocycles. The van der Waals surface area contributed by atoms with Gasteiger partial charge in [0.15, 0.2) is 6.10 Å². The molecule has 1 unspecified atom stereocenters. The Kier molecular flexibility index (Phi) is 5.21. The lowest BCUT2D eigenvalue weighted by molar-refractivity contribution is -0.137. The van der Waals surface area contributed by atoms with Crippen LogP contribution in [-0.2, 0) is 11.0 Å². The van der Waals surface area contributed by atoms with Gasteiger partial charge in [0.1, 0.15) is 17.3 Å². The van der Waals surface area contributed by atoms with Crippen LogP contribution < -0.4 is 15.4 Å². The number of halogens is 4. The molecule has 30 heavy (non-hydrogen) atoms. The van der Waals surface area contributed by atoms with Crippen LogP contribution in [0.1, 0.15) is 42.7 Å². The normalized spacial score (nSPS) is 19.0. The SMILES string of the molecule is O=C(Nc1cc(O)c(C2CCCC2)cc1C(F)(F)F)C1CNc2ccc(F)cc2O1. The highest BCUT2D eigenvalue weighted by molar-refractivity contribution is 5.96. The highest BCUT2D eigenvalue weighted by Crippen LogP contribution is 2.44. The Balaban J connectivity index is 1.59. The van der Waals surface area contributed by atoms with Gasteiger partial charge in [-0.1, -0.05) is 12.8 Å². The van der Waals surface area contributed by atoms with Crippen LogP contribution in [0.15, 0.2) is 30.3 Å². The van der Waals surface area contributed by atoms with Crippen LogP contribution in [-0.4, -0.2) is 23.7 Å². The highest BCUT2D eigenvalue weighted by Gasteiger charge is 2.37. The average molecular weight is 424 g/mol. The van der Waals surface area contributed by atoms with Crippen molar-refractivity contribution in [1.82, 2.24) is 0 Å². The number of carbonyl (C=O) groups excluding carboxylic acids is 1. The van der Waals surface area contributed by atoms with Gasteiger partial charge in [0.25, 0.3) is 5.91 Å². The highest BCUT2D eigenvalue weighted by atomic mass is 19.4. The van der Waals surface area contributed by atoms with Gasteiger partial charge in [-0.25, -0.2) is 4.39 Å². The topological polar surface area (TPSA) is 70.6 Å². The summed E-state index contributed by atoms with van der Waals surface area (Å²) in [5, 5.41) is 15.4. The molecule has 160 valence electrons. The van der Waals surface area contributed by atoms with E-state index >= 15 is 0 Å². The molecule has 0 bridgehead atoms. The van der Waals surface area contributed by atoms with Gasteiger partial charge in [-0.2, -0.15) is 13.2 Å². The number of fused-ring (bicyclic) bond motifs is 1. The number of amides is 1. The van der Waals surface area contributed by atoms with Crippen molar-refractivity contribution in [1.29, 1.82) is 0 Å². The lowest BCUT2D eigenvalue weighted by Crippen LogP contribution is -2.41. The Morgan fingerprint density at radius 3 is 2.60 bits per heavy atom. The number of aromatic hydroxyl groups is 1. The fourth-order valence-corrected chi connectivity index (χ4v) is 4.00. The number of anilines is 2. The third-order valence-electron chi connectivity index (χ3n) is 5.51. The molecular weight excluding hydrogens is 404 g/mol. The predicted molar refractivity (Wildman–Crippen MR) is 102 cm³/mol. The summed E-state index contributed by atoms with van der Waals surface area (Å²) >= 11 is 0. The Bertz CT molecular complexity index is 971. The predicted octanol–water partition coefficient (Wildman–Crippen LogP) is 5.02. The average Bonchev–Trinajstić information content (AvgIpc) is 3.21. The summed E-state index contributed by atoms with van der Waals surface area (Å²) in [6, 6.07) is 5.62. The van der Waals surface area contributed by atoms with E-state index in [2.05, 4.69) is 10.6 Å². The van der Waals surface area contributed by atoms with Crippen LogP contribution in [0.2, 0.25) is 0 Å². The monoisotopic (exact) mass is 424 g/mol. The van der Waals surface area contributed by atoms with E-state index in [1.165, 1.54) is 12.1 Å². The zero-order valence-corrected chi connectivity index (χ0v) is 15.9. The molecule has 3 N–H and O–H groups in total. The molecule has 1 fully saturated rings. The molecule has 0 saturated heterocycles. The first-order chi connectivity index (χ1) is 14.2. The Labute approximate surface area is 170 Å². The number of hydrogen-bond donors (Lipinski definition) is 3. The van der Waals surface area contributed by atoms with Crippen molar-refractivity contribution in [3.8, 4) is 11.5 Å². The van der Waals surface area contributed by atoms with Crippen LogP contribution in [0.4, 0.5) is 28.9 Å². The first-order valence-electron chi connectivity index (χ1n) is 9.67. The summed E-state index contributed by atoms with van der Waals surface area (Å²) in [5.74, 6) is -1.72. The Morgan fingerprint density at radius 2 is 1.90 bits per heavy atom. The van der Waals surface area contributed by atoms with Crippen LogP contribution in [0.3, 0.4) is 0 Å². The maximum absolute atomic E-state index is 13.7. The third-order valence-corrected chi connectivity index (χ3v) is 5.51. The summed E-state index contributed by atoms with van der Waals surface area (Å²) in [6.07, 6.45) is -2.65. The minimum absolute atomic E-state index is 0.00203. The van der Waals surface area contributed by atoms with E-state index in [9.17, 15) is 27.5 Å². The van der Waals surface area contributed by atoms with Crippen molar-refractivity contribution in [2.75, 3.05) is 17.2 Å². The fourth-order valence-electron chi connectivity index (χ4n) is 4.00. The number of phenolic OH excluding ortho intramolecular Hbond substituents is 1. The minimum Gasteiger partial charge on any atom is -0.508 e. The van der Waals surface area contributed by atoms with Gasteiger partial charge in [-0.3, -0.25) is 4.79 Å². The molecule has 0 spiro atoms. The smallest absolute Gasteiger partial charge is 0.418 e. The van der Waals surface area contributed by atoms with Crippen LogP contribution in [0.25, 0.3) is 0 Å². The standard InChI is InChI=1S/C21H20F4N2O3/c22-12-5-6-15-18(7-12)30-19(10-26-15)20(29)27-16-9-17(28)13(11-3-1-2-4-11)8-14(16)21(23,24)25/h5-9,11,19,26,28H,1-4,10H2,(H,27,29). The second-order valence-corrected chi connectivity index (χ2v) is 7.55. The van der Waals surface area contributed by atoms with Crippen LogP contribution in [0.5, 0.6) is 11.5 Å². The van der Waals surface area contributed by atoms with E-state index in [1.807, 2.05) is 0 Å². The van der Waals surface area contributed by atoms with Crippen LogP contribution >= 0.6 is 0 Å². The molecule has 1 amide bonds. The van der Waals surface area contributed by atoms with E-state index < -0.39 is 35.3 Å². The maximum atomic E-state index is 13.7. The van der Waals surface area contributed by atoms with E-state index in [4.69, 9.17) is 4.74 Å². The molecule has 1 heterocycles. The summed E-state index contributed by atoms with van der Waals surface area (Å²) in [7, 11) is 0. The minimum atomic E-state index is -4.72. The van der Waals surface area contributed by atoms with Crippen molar-refractivity contribution in [2.45, 2.75) is 43.9 Å². The Hall–Kier alpha value is -2.97. The molecule has 2 aliphatic rings. The largest absolute Gasteiger partial charge is 0.508 e. The number of ether oxygens (including phenoxy) is 1. The first kappa shape index (κ1) is 20.3. The maximum Gasteiger partial charge on any atom is 0.418 e. The molecule has 5 nitrogen and oxygen atoms in total. The van der Waals surface area contributed by atoms with Crippen molar-refractivity contribution < 1.29 is 32.2 Å². The Morgan fingerprint density at radius 1 is 1.17 bits per heavy atom.